The fourth-order valence-corrected chi connectivity index (χ4v) is 2.72. The summed E-state index contributed by atoms with van der Waals surface area (Å²) in [6, 6.07) is -0.332. The third-order valence-electron chi connectivity index (χ3n) is 4.12. The Balaban J connectivity index is 2.09. The highest BCUT2D eigenvalue weighted by molar-refractivity contribution is 5.80. The minimum Gasteiger partial charge on any atom is -0.378 e. The number of alkyl halides is 3. The highest BCUT2D eigenvalue weighted by Crippen LogP contribution is 2.37. The van der Waals surface area contributed by atoms with Crippen molar-refractivity contribution in [2.45, 2.75) is 51.4 Å². The molecular weight excluding hydrogens is 259 g/mol. The number of hydrogen-bond donors (Lipinski definition) is 0. The van der Waals surface area contributed by atoms with Gasteiger partial charge in [0.1, 0.15) is 6.54 Å². The smallest absolute Gasteiger partial charge is 0.378 e. The van der Waals surface area contributed by atoms with Gasteiger partial charge in [-0.3, -0.25) is 4.79 Å². The molecule has 0 aromatic rings. The molecule has 0 bridgehead atoms. The molecule has 1 saturated carbocycles. The first-order chi connectivity index (χ1) is 8.79. The van der Waals surface area contributed by atoms with Crippen LogP contribution >= 0.6 is 0 Å². The van der Waals surface area contributed by atoms with Gasteiger partial charge in [-0.25, -0.2) is 0 Å². The number of hydrogen-bond acceptors (Lipinski definition) is 2. The van der Waals surface area contributed by atoms with Crippen LogP contribution in [0.3, 0.4) is 0 Å². The topological polar surface area (TPSA) is 29.5 Å². The predicted molar refractivity (Wildman–Crippen MR) is 63.5 cm³/mol. The van der Waals surface area contributed by atoms with E-state index in [1.807, 2.05) is 0 Å². The van der Waals surface area contributed by atoms with E-state index >= 15 is 0 Å². The second-order valence-corrected chi connectivity index (χ2v) is 5.63. The molecule has 0 N–H and O–H groups in total. The van der Waals surface area contributed by atoms with Crippen molar-refractivity contribution >= 4 is 5.91 Å². The number of rotatable bonds is 4. The van der Waals surface area contributed by atoms with E-state index in [-0.39, 0.29) is 18.1 Å². The number of halogens is 3. The molecule has 1 aliphatic heterocycles. The quantitative estimate of drug-likeness (QED) is 0.791. The van der Waals surface area contributed by atoms with E-state index in [9.17, 15) is 18.0 Å². The molecule has 2 rings (SSSR count). The third-order valence-corrected chi connectivity index (χ3v) is 4.12. The van der Waals surface area contributed by atoms with Crippen molar-refractivity contribution in [3.05, 3.63) is 0 Å². The normalized spacial score (nSPS) is 29.3. The lowest BCUT2D eigenvalue weighted by Gasteiger charge is -2.33. The lowest BCUT2D eigenvalue weighted by atomic mass is 9.99. The van der Waals surface area contributed by atoms with Gasteiger partial charge in [-0.2, -0.15) is 13.2 Å². The number of carbonyl (C=O) groups excluding carboxylic acids is 1. The molecule has 1 heterocycles. The van der Waals surface area contributed by atoms with E-state index in [4.69, 9.17) is 4.74 Å². The molecule has 0 radical (unpaired) electrons. The van der Waals surface area contributed by atoms with Crippen molar-refractivity contribution < 1.29 is 22.7 Å². The highest BCUT2D eigenvalue weighted by Gasteiger charge is 2.44. The maximum absolute atomic E-state index is 12.7. The summed E-state index contributed by atoms with van der Waals surface area (Å²) in [6.45, 7) is 2.78. The first-order valence-electron chi connectivity index (χ1n) is 6.78. The Labute approximate surface area is 111 Å². The lowest BCUT2D eigenvalue weighted by molar-refractivity contribution is -0.169. The van der Waals surface area contributed by atoms with Crippen LogP contribution in [0, 0.1) is 11.8 Å². The Morgan fingerprint density at radius 3 is 2.42 bits per heavy atom. The maximum atomic E-state index is 12.7. The van der Waals surface area contributed by atoms with Crippen LogP contribution in [0.1, 0.15) is 33.1 Å². The van der Waals surface area contributed by atoms with Crippen LogP contribution in [0.2, 0.25) is 0 Å². The lowest BCUT2D eigenvalue weighted by Crippen LogP contribution is -2.49. The van der Waals surface area contributed by atoms with Crippen LogP contribution in [-0.4, -0.2) is 42.3 Å². The average Bonchev–Trinajstić information content (AvgIpc) is 3.06. The van der Waals surface area contributed by atoms with E-state index < -0.39 is 24.5 Å². The molecule has 3 atom stereocenters. The third kappa shape index (κ3) is 3.61. The summed E-state index contributed by atoms with van der Waals surface area (Å²) in [5, 5.41) is 0. The van der Waals surface area contributed by atoms with Gasteiger partial charge < -0.3 is 9.64 Å². The van der Waals surface area contributed by atoms with Crippen molar-refractivity contribution in [2.75, 3.05) is 13.2 Å². The second-order valence-electron chi connectivity index (χ2n) is 5.63. The Morgan fingerprint density at radius 2 is 2.00 bits per heavy atom. The van der Waals surface area contributed by atoms with E-state index in [0.29, 0.717) is 13.0 Å². The Hall–Kier alpha value is -0.780. The van der Waals surface area contributed by atoms with E-state index in [1.165, 1.54) is 0 Å². The second kappa shape index (κ2) is 5.31. The average molecular weight is 279 g/mol. The summed E-state index contributed by atoms with van der Waals surface area (Å²) in [5.74, 6) is -0.603. The van der Waals surface area contributed by atoms with Crippen molar-refractivity contribution in [1.82, 2.24) is 4.90 Å². The van der Waals surface area contributed by atoms with Gasteiger partial charge in [0.2, 0.25) is 5.91 Å². The molecule has 2 aliphatic rings. The first kappa shape index (κ1) is 14.6. The fraction of sp³-hybridized carbons (Fsp3) is 0.923. The van der Waals surface area contributed by atoms with Gasteiger partial charge in [0, 0.05) is 12.6 Å². The van der Waals surface area contributed by atoms with Gasteiger partial charge in [-0.15, -0.1) is 0 Å². The largest absolute Gasteiger partial charge is 0.406 e. The zero-order valence-corrected chi connectivity index (χ0v) is 11.2. The first-order valence-corrected chi connectivity index (χ1v) is 6.78. The molecule has 0 spiro atoms. The van der Waals surface area contributed by atoms with E-state index in [0.717, 1.165) is 17.7 Å². The number of ether oxygens (including phenoxy) is 1. The summed E-state index contributed by atoms with van der Waals surface area (Å²) in [5.41, 5.74) is 0. The van der Waals surface area contributed by atoms with Gasteiger partial charge in [-0.05, 0) is 39.0 Å². The van der Waals surface area contributed by atoms with Crippen LogP contribution in [0.25, 0.3) is 0 Å². The molecule has 0 unspecified atom stereocenters. The molecule has 19 heavy (non-hydrogen) atoms. The Kier molecular flexibility index (Phi) is 4.08. The summed E-state index contributed by atoms with van der Waals surface area (Å²) < 4.78 is 43.3. The van der Waals surface area contributed by atoms with Crippen molar-refractivity contribution in [3.8, 4) is 0 Å². The summed E-state index contributed by atoms with van der Waals surface area (Å²) in [7, 11) is 0. The van der Waals surface area contributed by atoms with Gasteiger partial charge in [0.05, 0.1) is 12.0 Å². The molecule has 0 aromatic heterocycles. The molecule has 110 valence electrons. The summed E-state index contributed by atoms with van der Waals surface area (Å²) >= 11 is 0. The zero-order chi connectivity index (χ0) is 14.2. The molecular formula is C13H20F3NO2. The number of amides is 1. The van der Waals surface area contributed by atoms with Crippen molar-refractivity contribution in [1.29, 1.82) is 0 Å². The molecule has 1 saturated heterocycles. The molecule has 3 nitrogen and oxygen atoms in total. The van der Waals surface area contributed by atoms with Crippen LogP contribution in [0.4, 0.5) is 13.2 Å². The molecule has 6 heteroatoms. The minimum atomic E-state index is -4.35. The predicted octanol–water partition coefficient (Wildman–Crippen LogP) is 2.60. The van der Waals surface area contributed by atoms with Crippen LogP contribution < -0.4 is 0 Å². The summed E-state index contributed by atoms with van der Waals surface area (Å²) in [6.07, 6.45) is -2.28. The van der Waals surface area contributed by atoms with Crippen molar-refractivity contribution in [3.63, 3.8) is 0 Å². The molecule has 2 fully saturated rings. The minimum absolute atomic E-state index is 0.226. The fourth-order valence-electron chi connectivity index (χ4n) is 2.72. The van der Waals surface area contributed by atoms with Gasteiger partial charge in [-0.1, -0.05) is 0 Å². The zero-order valence-electron chi connectivity index (χ0n) is 11.2. The van der Waals surface area contributed by atoms with Gasteiger partial charge in [0.25, 0.3) is 0 Å². The number of nitrogens with zero attached hydrogens (tertiary/aromatic N) is 1. The molecule has 1 aliphatic carbocycles. The molecule has 1 amide bonds. The Bertz CT molecular complexity index is 341. The van der Waals surface area contributed by atoms with E-state index in [1.54, 1.807) is 13.8 Å². The SMILES string of the molecule is C[C@@H]1OCC[C@H]1C(=O)N(CC(F)(F)F)[C@H](C)C1CC1. The molecule has 0 aromatic carbocycles. The van der Waals surface area contributed by atoms with Crippen LogP contribution in [-0.2, 0) is 9.53 Å². The summed E-state index contributed by atoms with van der Waals surface area (Å²) in [4.78, 5) is 13.4. The standard InChI is InChI=1S/C13H20F3NO2/c1-8(10-3-4-10)17(7-13(14,15)16)12(18)11-5-6-19-9(11)2/h8-11H,3-7H2,1-2H3/t8-,9+,11-/m1/s1. The Morgan fingerprint density at radius 1 is 1.37 bits per heavy atom. The van der Waals surface area contributed by atoms with Gasteiger partial charge in [0.15, 0.2) is 0 Å². The van der Waals surface area contributed by atoms with Crippen LogP contribution in [0.5, 0.6) is 0 Å². The van der Waals surface area contributed by atoms with Gasteiger partial charge >= 0.3 is 6.18 Å². The van der Waals surface area contributed by atoms with E-state index in [2.05, 4.69) is 0 Å². The maximum Gasteiger partial charge on any atom is 0.406 e. The highest BCUT2D eigenvalue weighted by atomic mass is 19.4. The number of carbonyl (C=O) groups is 1. The van der Waals surface area contributed by atoms with Crippen LogP contribution in [0.15, 0.2) is 0 Å². The monoisotopic (exact) mass is 279 g/mol. The van der Waals surface area contributed by atoms with Crippen molar-refractivity contribution in [2.24, 2.45) is 11.8 Å².